The smallest absolute Gasteiger partial charge is 0.338 e. The van der Waals surface area contributed by atoms with Crippen molar-refractivity contribution in [3.8, 4) is 23.0 Å². The van der Waals surface area contributed by atoms with E-state index in [4.69, 9.17) is 4.74 Å². The standard InChI is InChI=1S/C33H31NO8/c1-4-42-33(39)27-13-23-9-19-5-17(2)7-21(29(19)35)11-25-15-28(34(40)41)16-26(32(25)38)12-22-8-18(3)6-20(30(22)36)10-24(14-27)31(23)37/h5-8,13-16,35-38H,4,9-12H2,1-3H3. The third-order valence-electron chi connectivity index (χ3n) is 7.59. The van der Waals surface area contributed by atoms with Crippen molar-refractivity contribution in [3.63, 3.8) is 0 Å². The molecule has 0 aliphatic heterocycles. The van der Waals surface area contributed by atoms with Gasteiger partial charge in [0.25, 0.3) is 5.69 Å². The second-order valence-electron chi connectivity index (χ2n) is 10.8. The molecule has 4 aromatic rings. The zero-order valence-electron chi connectivity index (χ0n) is 23.5. The molecular formula is C33H31NO8. The minimum atomic E-state index is -0.562. The molecule has 1 aliphatic carbocycles. The van der Waals surface area contributed by atoms with Crippen LogP contribution >= 0.6 is 0 Å². The van der Waals surface area contributed by atoms with Gasteiger partial charge in [0.15, 0.2) is 0 Å². The van der Waals surface area contributed by atoms with E-state index in [1.807, 2.05) is 13.8 Å². The van der Waals surface area contributed by atoms with Gasteiger partial charge in [-0.2, -0.15) is 0 Å². The average molecular weight is 570 g/mol. The number of aryl methyl sites for hydroxylation is 2. The van der Waals surface area contributed by atoms with E-state index in [0.29, 0.717) is 33.4 Å². The Labute approximate surface area is 242 Å². The number of rotatable bonds is 3. The summed E-state index contributed by atoms with van der Waals surface area (Å²) in [4.78, 5) is 24.1. The molecule has 4 N–H and O–H groups in total. The second kappa shape index (κ2) is 11.1. The molecular weight excluding hydrogens is 538 g/mol. The monoisotopic (exact) mass is 569 g/mol. The Balaban J connectivity index is 1.80. The minimum absolute atomic E-state index is 0.00776. The molecule has 5 rings (SSSR count). The number of non-ortho nitro benzene ring substituents is 1. The third-order valence-corrected chi connectivity index (χ3v) is 7.59. The number of esters is 1. The predicted octanol–water partition coefficient (Wildman–Crippen LogP) is 5.89. The van der Waals surface area contributed by atoms with Crippen LogP contribution in [0.15, 0.2) is 48.5 Å². The number of fused-ring (bicyclic) bond motifs is 8. The topological polar surface area (TPSA) is 150 Å². The Morgan fingerprint density at radius 3 is 1.29 bits per heavy atom. The Morgan fingerprint density at radius 2 is 0.976 bits per heavy atom. The maximum atomic E-state index is 12.8. The maximum Gasteiger partial charge on any atom is 0.338 e. The van der Waals surface area contributed by atoms with Gasteiger partial charge < -0.3 is 25.2 Å². The maximum absolute atomic E-state index is 12.8. The Morgan fingerprint density at radius 1 is 0.667 bits per heavy atom. The molecule has 0 amide bonds. The highest BCUT2D eigenvalue weighted by molar-refractivity contribution is 5.90. The van der Waals surface area contributed by atoms with Crippen molar-refractivity contribution in [3.05, 3.63) is 120 Å². The Bertz CT molecular complexity index is 1650. The van der Waals surface area contributed by atoms with Gasteiger partial charge in [-0.3, -0.25) is 10.1 Å². The van der Waals surface area contributed by atoms with Gasteiger partial charge in [0.2, 0.25) is 0 Å². The number of hydrogen-bond donors (Lipinski definition) is 4. The number of hydrogen-bond acceptors (Lipinski definition) is 8. The molecule has 42 heavy (non-hydrogen) atoms. The molecule has 9 nitrogen and oxygen atoms in total. The van der Waals surface area contributed by atoms with Crippen molar-refractivity contribution in [2.75, 3.05) is 6.61 Å². The number of benzene rings is 4. The van der Waals surface area contributed by atoms with Crippen LogP contribution in [0, 0.1) is 24.0 Å². The molecule has 0 saturated carbocycles. The van der Waals surface area contributed by atoms with Gasteiger partial charge >= 0.3 is 5.97 Å². The summed E-state index contributed by atoms with van der Waals surface area (Å²) in [5.41, 5.74) is 4.64. The fraction of sp³-hybridized carbons (Fsp3) is 0.242. The van der Waals surface area contributed by atoms with Gasteiger partial charge in [-0.15, -0.1) is 0 Å². The molecule has 1 aliphatic rings. The molecule has 0 aromatic heterocycles. The molecule has 8 bridgehead atoms. The van der Waals surface area contributed by atoms with Crippen LogP contribution in [0.3, 0.4) is 0 Å². The SMILES string of the molecule is CCOC(=O)c1cc2c(O)c(c1)Cc1cc(C)cc(c1O)Cc1cc([N+](=O)[O-])cc(c1O)Cc1cc(C)cc(c1O)C2. The van der Waals surface area contributed by atoms with Crippen molar-refractivity contribution in [1.29, 1.82) is 0 Å². The third kappa shape index (κ3) is 5.45. The van der Waals surface area contributed by atoms with Crippen LogP contribution in [0.25, 0.3) is 0 Å². The average Bonchev–Trinajstić information content (AvgIpc) is 2.92. The van der Waals surface area contributed by atoms with E-state index in [-0.39, 0.29) is 77.7 Å². The van der Waals surface area contributed by atoms with Crippen LogP contribution in [0.2, 0.25) is 0 Å². The molecule has 0 spiro atoms. The number of nitro groups is 1. The van der Waals surface area contributed by atoms with Crippen molar-refractivity contribution >= 4 is 11.7 Å². The molecule has 0 unspecified atom stereocenters. The zero-order valence-corrected chi connectivity index (χ0v) is 23.5. The zero-order chi connectivity index (χ0) is 30.3. The van der Waals surface area contributed by atoms with E-state index >= 15 is 0 Å². The lowest BCUT2D eigenvalue weighted by Gasteiger charge is -2.18. The number of nitrogens with zero attached hydrogens (tertiary/aromatic N) is 1. The van der Waals surface area contributed by atoms with Crippen LogP contribution < -0.4 is 0 Å². The van der Waals surface area contributed by atoms with Crippen molar-refractivity contribution < 1.29 is 34.9 Å². The summed E-state index contributed by atoms with van der Waals surface area (Å²) in [6, 6.07) is 12.6. The highest BCUT2D eigenvalue weighted by Crippen LogP contribution is 2.39. The van der Waals surface area contributed by atoms with Gasteiger partial charge in [0, 0.05) is 48.9 Å². The van der Waals surface area contributed by atoms with Gasteiger partial charge in [-0.25, -0.2) is 4.79 Å². The first-order valence-corrected chi connectivity index (χ1v) is 13.6. The first-order chi connectivity index (χ1) is 19.9. The second-order valence-corrected chi connectivity index (χ2v) is 10.8. The lowest BCUT2D eigenvalue weighted by atomic mass is 9.89. The first kappa shape index (κ1) is 28.5. The summed E-state index contributed by atoms with van der Waals surface area (Å²) in [6.07, 6.45) is 0.103. The van der Waals surface area contributed by atoms with E-state index in [9.17, 15) is 35.3 Å². The fourth-order valence-electron chi connectivity index (χ4n) is 5.71. The number of carbonyl (C=O) groups is 1. The van der Waals surface area contributed by atoms with Crippen LogP contribution in [-0.4, -0.2) is 37.9 Å². The van der Waals surface area contributed by atoms with Crippen LogP contribution in [0.5, 0.6) is 23.0 Å². The van der Waals surface area contributed by atoms with Gasteiger partial charge in [-0.1, -0.05) is 35.4 Å². The van der Waals surface area contributed by atoms with Gasteiger partial charge in [-0.05, 0) is 66.3 Å². The lowest BCUT2D eigenvalue weighted by molar-refractivity contribution is -0.385. The number of ether oxygens (including phenoxy) is 1. The number of carbonyl (C=O) groups excluding carboxylic acids is 1. The van der Waals surface area contributed by atoms with Crippen molar-refractivity contribution in [1.82, 2.24) is 0 Å². The Kier molecular flexibility index (Phi) is 7.51. The predicted molar refractivity (Wildman–Crippen MR) is 156 cm³/mol. The molecule has 0 saturated heterocycles. The van der Waals surface area contributed by atoms with Gasteiger partial charge in [0.05, 0.1) is 17.1 Å². The minimum Gasteiger partial charge on any atom is -0.507 e. The summed E-state index contributed by atoms with van der Waals surface area (Å²) in [7, 11) is 0. The summed E-state index contributed by atoms with van der Waals surface area (Å²) < 4.78 is 5.23. The summed E-state index contributed by atoms with van der Waals surface area (Å²) in [5.74, 6) is -0.950. The number of aromatic hydroxyl groups is 4. The van der Waals surface area contributed by atoms with E-state index in [2.05, 4.69) is 0 Å². The highest BCUT2D eigenvalue weighted by atomic mass is 16.6. The Hall–Kier alpha value is -5.05. The molecule has 0 heterocycles. The summed E-state index contributed by atoms with van der Waals surface area (Å²) in [6.45, 7) is 5.53. The number of phenols is 4. The summed E-state index contributed by atoms with van der Waals surface area (Å²) >= 11 is 0. The van der Waals surface area contributed by atoms with Crippen LogP contribution in [0.4, 0.5) is 5.69 Å². The molecule has 0 atom stereocenters. The summed E-state index contributed by atoms with van der Waals surface area (Å²) in [5, 5.41) is 57.1. The fourth-order valence-corrected chi connectivity index (χ4v) is 5.71. The first-order valence-electron chi connectivity index (χ1n) is 13.6. The van der Waals surface area contributed by atoms with Gasteiger partial charge in [0.1, 0.15) is 23.0 Å². The molecule has 0 fully saturated rings. The van der Waals surface area contributed by atoms with Crippen molar-refractivity contribution in [2.24, 2.45) is 0 Å². The van der Waals surface area contributed by atoms with Crippen LogP contribution in [-0.2, 0) is 30.4 Å². The lowest BCUT2D eigenvalue weighted by Crippen LogP contribution is -2.08. The largest absolute Gasteiger partial charge is 0.507 e. The number of nitro benzene ring substituents is 1. The van der Waals surface area contributed by atoms with Crippen LogP contribution in [0.1, 0.15) is 72.9 Å². The quantitative estimate of drug-likeness (QED) is 0.119. The molecule has 4 aromatic carbocycles. The normalized spacial score (nSPS) is 12.5. The van der Waals surface area contributed by atoms with E-state index in [1.54, 1.807) is 31.2 Å². The number of phenolic OH excluding ortho intramolecular Hbond substituents is 4. The molecule has 9 heteroatoms. The highest BCUT2D eigenvalue weighted by Gasteiger charge is 2.23. The van der Waals surface area contributed by atoms with E-state index in [1.165, 1.54) is 24.3 Å². The van der Waals surface area contributed by atoms with Crippen molar-refractivity contribution in [2.45, 2.75) is 46.5 Å². The molecule has 216 valence electrons. The van der Waals surface area contributed by atoms with E-state index in [0.717, 1.165) is 11.1 Å². The van der Waals surface area contributed by atoms with E-state index < -0.39 is 10.9 Å². The molecule has 0 radical (unpaired) electrons.